The van der Waals surface area contributed by atoms with Crippen LogP contribution in [0.15, 0.2) is 29.2 Å². The molecule has 2 rings (SSSR count). The van der Waals surface area contributed by atoms with Gasteiger partial charge in [-0.3, -0.25) is 4.79 Å². The lowest BCUT2D eigenvalue weighted by Gasteiger charge is -2.25. The second-order valence-electron chi connectivity index (χ2n) is 6.85. The number of nitrogens with one attached hydrogen (secondary N) is 1. The third kappa shape index (κ3) is 7.12. The number of amides is 1. The second-order valence-corrected chi connectivity index (χ2v) is 8.79. The molecule has 1 fully saturated rings. The van der Waals surface area contributed by atoms with E-state index in [0.29, 0.717) is 32.0 Å². The fourth-order valence-corrected chi connectivity index (χ4v) is 4.30. The number of sulfonamides is 1. The van der Waals surface area contributed by atoms with Gasteiger partial charge in [0.05, 0.1) is 11.0 Å². The highest BCUT2D eigenvalue weighted by Crippen LogP contribution is 2.22. The highest BCUT2D eigenvalue weighted by Gasteiger charge is 2.25. The Morgan fingerprint density at radius 1 is 1.15 bits per heavy atom. The number of hydrogen-bond donors (Lipinski definition) is 1. The van der Waals surface area contributed by atoms with Gasteiger partial charge in [-0.2, -0.15) is 4.31 Å². The van der Waals surface area contributed by atoms with Gasteiger partial charge in [0, 0.05) is 26.2 Å². The zero-order valence-electron chi connectivity index (χ0n) is 16.1. The van der Waals surface area contributed by atoms with Crippen LogP contribution in [0.25, 0.3) is 0 Å². The molecule has 27 heavy (non-hydrogen) atoms. The Kier molecular flexibility index (Phi) is 8.53. The predicted molar refractivity (Wildman–Crippen MR) is 103 cm³/mol. The number of hydrogen-bond acceptors (Lipinski definition) is 5. The Morgan fingerprint density at radius 3 is 2.44 bits per heavy atom. The fraction of sp³-hybridized carbons (Fsp3) is 0.632. The van der Waals surface area contributed by atoms with E-state index in [0.717, 1.165) is 25.7 Å². The number of piperidine rings is 1. The lowest BCUT2D eigenvalue weighted by atomic mass is 10.2. The van der Waals surface area contributed by atoms with E-state index in [2.05, 4.69) is 5.32 Å². The first-order valence-corrected chi connectivity index (χ1v) is 10.9. The van der Waals surface area contributed by atoms with Gasteiger partial charge < -0.3 is 14.8 Å². The van der Waals surface area contributed by atoms with E-state index < -0.39 is 10.0 Å². The Hall–Kier alpha value is -1.64. The molecule has 1 aromatic carbocycles. The third-order valence-corrected chi connectivity index (χ3v) is 6.15. The molecule has 1 saturated heterocycles. The van der Waals surface area contributed by atoms with Crippen molar-refractivity contribution in [2.24, 2.45) is 0 Å². The van der Waals surface area contributed by atoms with Crippen molar-refractivity contribution in [2.45, 2.75) is 50.5 Å². The van der Waals surface area contributed by atoms with Gasteiger partial charge in [-0.1, -0.05) is 6.42 Å². The number of ether oxygens (including phenoxy) is 2. The zero-order chi connectivity index (χ0) is 19.7. The number of carbonyl (C=O) groups excluding carboxylic acids is 1. The summed E-state index contributed by atoms with van der Waals surface area (Å²) in [5.74, 6) is 0.246. The SMILES string of the molecule is CC(C)OCCCNC(=O)COc1ccc(S(=O)(=O)N2CCCCC2)cc1. The van der Waals surface area contributed by atoms with E-state index in [-0.39, 0.29) is 23.5 Å². The fourth-order valence-electron chi connectivity index (χ4n) is 2.78. The first kappa shape index (κ1) is 21.7. The number of benzene rings is 1. The van der Waals surface area contributed by atoms with Crippen molar-refractivity contribution in [2.75, 3.05) is 32.8 Å². The highest BCUT2D eigenvalue weighted by molar-refractivity contribution is 7.89. The van der Waals surface area contributed by atoms with E-state index in [4.69, 9.17) is 9.47 Å². The molecule has 7 nitrogen and oxygen atoms in total. The largest absolute Gasteiger partial charge is 0.484 e. The van der Waals surface area contributed by atoms with Crippen LogP contribution in [0.3, 0.4) is 0 Å². The minimum absolute atomic E-state index is 0.108. The summed E-state index contributed by atoms with van der Waals surface area (Å²) in [6.07, 6.45) is 3.81. The van der Waals surface area contributed by atoms with Gasteiger partial charge in [0.15, 0.2) is 6.61 Å². The summed E-state index contributed by atoms with van der Waals surface area (Å²) in [6, 6.07) is 6.22. The zero-order valence-corrected chi connectivity index (χ0v) is 17.0. The van der Waals surface area contributed by atoms with Crippen molar-refractivity contribution < 1.29 is 22.7 Å². The topological polar surface area (TPSA) is 84.9 Å². The number of nitrogens with zero attached hydrogens (tertiary/aromatic N) is 1. The van der Waals surface area contributed by atoms with E-state index >= 15 is 0 Å². The molecular weight excluding hydrogens is 368 g/mol. The maximum atomic E-state index is 12.6. The molecule has 1 aliphatic rings. The van der Waals surface area contributed by atoms with Crippen molar-refractivity contribution in [3.05, 3.63) is 24.3 Å². The van der Waals surface area contributed by atoms with Gasteiger partial charge in [-0.05, 0) is 57.4 Å². The molecule has 0 bridgehead atoms. The van der Waals surface area contributed by atoms with E-state index in [1.165, 1.54) is 16.4 Å². The molecule has 0 spiro atoms. The molecule has 0 atom stereocenters. The lowest BCUT2D eigenvalue weighted by molar-refractivity contribution is -0.123. The van der Waals surface area contributed by atoms with Crippen LogP contribution in [0.2, 0.25) is 0 Å². The summed E-state index contributed by atoms with van der Waals surface area (Å²) in [5.41, 5.74) is 0. The van der Waals surface area contributed by atoms with Gasteiger partial charge >= 0.3 is 0 Å². The van der Waals surface area contributed by atoms with Crippen LogP contribution in [0.1, 0.15) is 39.5 Å². The molecule has 1 aliphatic heterocycles. The van der Waals surface area contributed by atoms with Crippen molar-refractivity contribution in [1.29, 1.82) is 0 Å². The van der Waals surface area contributed by atoms with Gasteiger partial charge in [-0.15, -0.1) is 0 Å². The number of rotatable bonds is 10. The molecule has 0 radical (unpaired) electrons. The highest BCUT2D eigenvalue weighted by atomic mass is 32.2. The molecule has 1 N–H and O–H groups in total. The molecule has 1 aromatic rings. The first-order chi connectivity index (χ1) is 12.9. The molecule has 152 valence electrons. The van der Waals surface area contributed by atoms with Crippen LogP contribution in [0, 0.1) is 0 Å². The Balaban J connectivity index is 1.76. The normalized spacial score (nSPS) is 15.7. The lowest BCUT2D eigenvalue weighted by Crippen LogP contribution is -2.35. The average Bonchev–Trinajstić information content (AvgIpc) is 2.67. The molecule has 0 aromatic heterocycles. The molecule has 0 aliphatic carbocycles. The third-order valence-electron chi connectivity index (χ3n) is 4.24. The standard InChI is InChI=1S/C19H30N2O5S/c1-16(2)25-14-6-11-20-19(22)15-26-17-7-9-18(10-8-17)27(23,24)21-12-4-3-5-13-21/h7-10,16H,3-6,11-15H2,1-2H3,(H,20,22). The summed E-state index contributed by atoms with van der Waals surface area (Å²) in [4.78, 5) is 12.0. The first-order valence-electron chi connectivity index (χ1n) is 9.51. The summed E-state index contributed by atoms with van der Waals surface area (Å²) < 4.78 is 37.5. The Labute approximate surface area is 162 Å². The van der Waals surface area contributed by atoms with Crippen molar-refractivity contribution in [1.82, 2.24) is 9.62 Å². The van der Waals surface area contributed by atoms with E-state index in [1.54, 1.807) is 12.1 Å². The van der Waals surface area contributed by atoms with Crippen LogP contribution < -0.4 is 10.1 Å². The molecule has 1 amide bonds. The van der Waals surface area contributed by atoms with E-state index in [1.807, 2.05) is 13.8 Å². The van der Waals surface area contributed by atoms with Crippen molar-refractivity contribution in [3.8, 4) is 5.75 Å². The van der Waals surface area contributed by atoms with Crippen molar-refractivity contribution >= 4 is 15.9 Å². The maximum Gasteiger partial charge on any atom is 0.257 e. The Morgan fingerprint density at radius 2 is 1.81 bits per heavy atom. The van der Waals surface area contributed by atoms with Gasteiger partial charge in [0.25, 0.3) is 5.91 Å². The maximum absolute atomic E-state index is 12.6. The van der Waals surface area contributed by atoms with Gasteiger partial charge in [-0.25, -0.2) is 8.42 Å². The minimum atomic E-state index is -3.45. The molecule has 0 saturated carbocycles. The van der Waals surface area contributed by atoms with Crippen LogP contribution in [0.5, 0.6) is 5.75 Å². The van der Waals surface area contributed by atoms with Gasteiger partial charge in [0.1, 0.15) is 5.75 Å². The summed E-state index contributed by atoms with van der Waals surface area (Å²) in [6.45, 7) is 6.10. The summed E-state index contributed by atoms with van der Waals surface area (Å²) in [7, 11) is -3.45. The predicted octanol–water partition coefficient (Wildman–Crippen LogP) is 2.17. The summed E-state index contributed by atoms with van der Waals surface area (Å²) in [5, 5.41) is 2.76. The van der Waals surface area contributed by atoms with Crippen LogP contribution in [-0.2, 0) is 19.6 Å². The van der Waals surface area contributed by atoms with Crippen LogP contribution >= 0.6 is 0 Å². The average molecular weight is 399 g/mol. The molecule has 8 heteroatoms. The second kappa shape index (κ2) is 10.6. The minimum Gasteiger partial charge on any atom is -0.484 e. The molecule has 1 heterocycles. The smallest absolute Gasteiger partial charge is 0.257 e. The molecular formula is C19H30N2O5S. The van der Waals surface area contributed by atoms with Crippen LogP contribution in [-0.4, -0.2) is 57.6 Å². The molecule has 0 unspecified atom stereocenters. The number of carbonyl (C=O) groups is 1. The monoisotopic (exact) mass is 398 g/mol. The Bertz CT molecular complexity index is 683. The summed E-state index contributed by atoms with van der Waals surface area (Å²) >= 11 is 0. The quantitative estimate of drug-likeness (QED) is 0.611. The van der Waals surface area contributed by atoms with Crippen LogP contribution in [0.4, 0.5) is 0 Å². The van der Waals surface area contributed by atoms with Crippen molar-refractivity contribution in [3.63, 3.8) is 0 Å². The van der Waals surface area contributed by atoms with E-state index in [9.17, 15) is 13.2 Å². The van der Waals surface area contributed by atoms with Gasteiger partial charge in [0.2, 0.25) is 10.0 Å².